The minimum Gasteiger partial charge on any atom is -0.468 e. The first-order valence-electron chi connectivity index (χ1n) is 31.1. The van der Waals surface area contributed by atoms with E-state index in [-0.39, 0.29) is 44.6 Å². The van der Waals surface area contributed by atoms with Crippen LogP contribution in [0.2, 0.25) is 0 Å². The third-order valence-electron chi connectivity index (χ3n) is 20.4. The van der Waals surface area contributed by atoms with Gasteiger partial charge in [-0.05, 0) is 198 Å². The zero-order valence-electron chi connectivity index (χ0n) is 53.0. The fourth-order valence-electron chi connectivity index (χ4n) is 14.9. The zero-order valence-corrected chi connectivity index (χ0v) is 53.8. The van der Waals surface area contributed by atoms with E-state index < -0.39 is 0 Å². The van der Waals surface area contributed by atoms with E-state index in [2.05, 4.69) is 284 Å². The van der Waals surface area contributed by atoms with Gasteiger partial charge >= 0.3 is 0 Å². The highest BCUT2D eigenvalue weighted by molar-refractivity contribution is 7.25. The first-order valence-corrected chi connectivity index (χ1v) is 31.9. The summed E-state index contributed by atoms with van der Waals surface area (Å²) in [6.07, 6.45) is 4.54. The third kappa shape index (κ3) is 8.56. The molecular weight excluding hydrogens is 1040 g/mol. The predicted octanol–water partition coefficient (Wildman–Crippen LogP) is 20.9. The highest BCUT2D eigenvalue weighted by atomic mass is 32.1. The van der Waals surface area contributed by atoms with Gasteiger partial charge in [-0.3, -0.25) is 0 Å². The fourth-order valence-corrected chi connectivity index (χ4v) is 16.0. The van der Waals surface area contributed by atoms with E-state index in [4.69, 9.17) is 4.42 Å². The van der Waals surface area contributed by atoms with Gasteiger partial charge in [-0.1, -0.05) is 184 Å². The van der Waals surface area contributed by atoms with Gasteiger partial charge in [0.25, 0.3) is 6.71 Å². The molecule has 0 radical (unpaired) electrons. The van der Waals surface area contributed by atoms with Crippen molar-refractivity contribution in [2.75, 3.05) is 14.7 Å². The zero-order chi connectivity index (χ0) is 59.2. The maximum absolute atomic E-state index is 7.87. The van der Waals surface area contributed by atoms with E-state index in [0.717, 1.165) is 65.4 Å². The van der Waals surface area contributed by atoms with Crippen LogP contribution in [0, 0.1) is 0 Å². The van der Waals surface area contributed by atoms with Gasteiger partial charge in [0, 0.05) is 65.4 Å². The van der Waals surface area contributed by atoms with Crippen molar-refractivity contribution in [3.05, 3.63) is 191 Å². The van der Waals surface area contributed by atoms with E-state index in [1.54, 1.807) is 0 Å². The first kappa shape index (κ1) is 54.9. The monoisotopic (exact) mass is 1120 g/mol. The van der Waals surface area contributed by atoms with Crippen LogP contribution in [0.5, 0.6) is 0 Å². The summed E-state index contributed by atoms with van der Waals surface area (Å²) >= 11 is 1.88. The molecule has 0 atom stereocenters. The van der Waals surface area contributed by atoms with Crippen LogP contribution in [0.1, 0.15) is 182 Å². The van der Waals surface area contributed by atoms with Crippen molar-refractivity contribution in [1.82, 2.24) is 0 Å². The van der Waals surface area contributed by atoms with Gasteiger partial charge in [0.1, 0.15) is 5.58 Å². The molecule has 0 saturated carbocycles. The highest BCUT2D eigenvalue weighted by Gasteiger charge is 2.49. The molecule has 0 N–H and O–H groups in total. The van der Waals surface area contributed by atoms with Crippen molar-refractivity contribution in [2.45, 2.75) is 181 Å². The van der Waals surface area contributed by atoms with Gasteiger partial charge < -0.3 is 19.1 Å². The Bertz CT molecular complexity index is 4320. The molecular formula is C78H84BN3OS. The quantitative estimate of drug-likeness (QED) is 0.160. The second kappa shape index (κ2) is 18.3. The minimum atomic E-state index is -0.227. The lowest BCUT2D eigenvalue weighted by molar-refractivity contribution is 0.332. The normalized spacial score (nSPS) is 17.5. The Balaban J connectivity index is 1.16. The van der Waals surface area contributed by atoms with Crippen molar-refractivity contribution >= 4 is 117 Å². The van der Waals surface area contributed by atoms with Crippen LogP contribution < -0.4 is 31.3 Å². The maximum atomic E-state index is 7.87. The van der Waals surface area contributed by atoms with Crippen LogP contribution in [-0.2, 0) is 37.9 Å². The number of hydrogen-bond acceptors (Lipinski definition) is 5. The van der Waals surface area contributed by atoms with E-state index in [9.17, 15) is 0 Å². The van der Waals surface area contributed by atoms with Gasteiger partial charge in [-0.15, -0.1) is 11.3 Å². The van der Waals surface area contributed by atoms with Crippen LogP contribution >= 0.6 is 11.3 Å². The fraction of sp³-hybridized carbons (Fsp3) is 0.359. The molecule has 0 unspecified atom stereocenters. The van der Waals surface area contributed by atoms with Crippen molar-refractivity contribution in [3.8, 4) is 0 Å². The molecule has 10 aromatic rings. The molecule has 2 aromatic heterocycles. The first-order chi connectivity index (χ1) is 39.5. The molecule has 0 fully saturated rings. The van der Waals surface area contributed by atoms with Crippen LogP contribution in [0.15, 0.2) is 156 Å². The molecule has 0 bridgehead atoms. The summed E-state index contributed by atoms with van der Waals surface area (Å²) in [7, 11) is 0. The van der Waals surface area contributed by atoms with E-state index >= 15 is 0 Å². The molecule has 4 heterocycles. The number of furan rings is 1. The van der Waals surface area contributed by atoms with Gasteiger partial charge in [0.15, 0.2) is 0 Å². The number of fused-ring (bicyclic) bond motifs is 11. The lowest BCUT2D eigenvalue weighted by atomic mass is 9.35. The van der Waals surface area contributed by atoms with Crippen LogP contribution in [0.4, 0.5) is 51.2 Å². The number of hydrogen-bond donors (Lipinski definition) is 0. The Labute approximate surface area is 505 Å². The summed E-state index contributed by atoms with van der Waals surface area (Å²) in [5.74, 6) is 0. The van der Waals surface area contributed by atoms with Crippen molar-refractivity contribution in [3.63, 3.8) is 0 Å². The summed E-state index contributed by atoms with van der Waals surface area (Å²) < 4.78 is 10.5. The number of thiophene rings is 1. The van der Waals surface area contributed by atoms with Gasteiger partial charge in [-0.2, -0.15) is 0 Å². The second-order valence-electron chi connectivity index (χ2n) is 31.2. The van der Waals surface area contributed by atoms with Gasteiger partial charge in [0.2, 0.25) is 0 Å². The Morgan fingerprint density at radius 2 is 1.00 bits per heavy atom. The highest BCUT2D eigenvalue weighted by Crippen LogP contribution is 2.56. The van der Waals surface area contributed by atoms with Crippen molar-refractivity contribution < 1.29 is 4.42 Å². The largest absolute Gasteiger partial charge is 0.468 e. The molecule has 0 spiro atoms. The number of rotatable bonds is 5. The molecule has 8 aromatic carbocycles. The van der Waals surface area contributed by atoms with E-state index in [1.165, 1.54) is 98.2 Å². The summed E-state index contributed by atoms with van der Waals surface area (Å²) in [6, 6.07) is 59.6. The Kier molecular flexibility index (Phi) is 11.9. The number of benzene rings is 8. The molecule has 426 valence electrons. The lowest BCUT2D eigenvalue weighted by Gasteiger charge is -2.45. The molecule has 4 aliphatic rings. The molecule has 6 heteroatoms. The molecule has 14 rings (SSSR count). The molecule has 2 aliphatic heterocycles. The Hall–Kier alpha value is -7.02. The second-order valence-corrected chi connectivity index (χ2v) is 32.3. The molecule has 4 nitrogen and oxygen atoms in total. The van der Waals surface area contributed by atoms with E-state index in [1.807, 2.05) is 11.3 Å². The summed E-state index contributed by atoms with van der Waals surface area (Å²) in [4.78, 5) is 7.85. The summed E-state index contributed by atoms with van der Waals surface area (Å²) in [5, 5.41) is 3.78. The molecule has 0 amide bonds. The average molecular weight is 1120 g/mol. The Morgan fingerprint density at radius 1 is 0.429 bits per heavy atom. The maximum Gasteiger partial charge on any atom is 0.297 e. The third-order valence-corrected chi connectivity index (χ3v) is 21.5. The lowest BCUT2D eigenvalue weighted by Crippen LogP contribution is -2.61. The summed E-state index contributed by atoms with van der Waals surface area (Å²) in [5.41, 5.74) is 24.3. The van der Waals surface area contributed by atoms with Gasteiger partial charge in [-0.25, -0.2) is 0 Å². The smallest absolute Gasteiger partial charge is 0.297 e. The van der Waals surface area contributed by atoms with Crippen LogP contribution in [-0.4, -0.2) is 6.71 Å². The van der Waals surface area contributed by atoms with Crippen molar-refractivity contribution in [1.29, 1.82) is 0 Å². The van der Waals surface area contributed by atoms with Crippen LogP contribution in [0.3, 0.4) is 0 Å². The number of nitrogens with zero attached hydrogens (tertiary/aromatic N) is 3. The molecule has 2 aliphatic carbocycles. The van der Waals surface area contributed by atoms with Crippen molar-refractivity contribution in [2.24, 2.45) is 0 Å². The predicted molar refractivity (Wildman–Crippen MR) is 364 cm³/mol. The standard InChI is InChI=1S/C78H84BN3OS/c1-72(2,3)47-27-32-63-62(40-47)79-69-64(81(63)53-38-48(73(4,5)6)37-49(39-53)74(7,8)9)42-54(80(50-23-19-18-20-24-50)52-28-30-56-55-25-21-22-26-67(55)84-68(56)44-52)43-65(69)82(51-29-31-58-59(41-51)76(12,13)34-33-75(58,10)11)70-57-45-60-61(46-66(57)83-71(70)79)78(16,17)36-35-77(60,14)15/h18-32,37-46H,33-36H2,1-17H3. The van der Waals surface area contributed by atoms with E-state index in [0.29, 0.717) is 0 Å². The van der Waals surface area contributed by atoms with Crippen LogP contribution in [0.25, 0.3) is 31.1 Å². The molecule has 84 heavy (non-hydrogen) atoms. The summed E-state index contributed by atoms with van der Waals surface area (Å²) in [6.45, 7) is 40.7. The van der Waals surface area contributed by atoms with Gasteiger partial charge in [0.05, 0.1) is 17.0 Å². The minimum absolute atomic E-state index is 0.000733. The number of para-hydroxylation sites is 1. The SMILES string of the molecule is CC(C)(C)c1cc(N2c3ccc(C(C)(C)C)cc3B3c4oc5cc6c(cc5c4N(c4ccc5c(c4)C(C)(C)CCC5(C)C)c4cc(N(c5ccccc5)c5ccc7c(c5)sc5ccccc57)cc2c43)C(C)(C)CCC6(C)C)cc(C(C)(C)C)c1. The molecule has 0 saturated heterocycles. The average Bonchev–Trinajstić information content (AvgIpc) is 1.30. The topological polar surface area (TPSA) is 22.9 Å². The number of anilines is 9. The Morgan fingerprint density at radius 3 is 1.64 bits per heavy atom.